The first-order valence-electron chi connectivity index (χ1n) is 6.28. The molecule has 9 heteroatoms. The van der Waals surface area contributed by atoms with Crippen molar-refractivity contribution in [2.24, 2.45) is 0 Å². The van der Waals surface area contributed by atoms with Crippen LogP contribution in [0, 0.1) is 6.92 Å². The monoisotopic (exact) mass is 311 g/mol. The van der Waals surface area contributed by atoms with Crippen LogP contribution in [0.3, 0.4) is 0 Å². The Kier molecular flexibility index (Phi) is 4.43. The van der Waals surface area contributed by atoms with E-state index in [0.29, 0.717) is 24.7 Å². The second kappa shape index (κ2) is 6.10. The van der Waals surface area contributed by atoms with Crippen molar-refractivity contribution >= 4 is 21.4 Å². The minimum atomic E-state index is -3.54. The molecule has 0 aliphatic carbocycles. The molecule has 1 heterocycles. The summed E-state index contributed by atoms with van der Waals surface area (Å²) in [4.78, 5) is 4.15. The molecule has 0 radical (unpaired) electrons. The Balaban J connectivity index is 2.00. The normalized spacial score (nSPS) is 11.5. The van der Waals surface area contributed by atoms with Gasteiger partial charge in [-0.15, -0.1) is 0 Å². The fourth-order valence-electron chi connectivity index (χ4n) is 1.77. The zero-order valence-electron chi connectivity index (χ0n) is 11.8. The van der Waals surface area contributed by atoms with Crippen LogP contribution in [0.15, 0.2) is 27.6 Å². The van der Waals surface area contributed by atoms with Crippen molar-refractivity contribution in [1.82, 2.24) is 14.9 Å². The fraction of sp³-hybridized carbons (Fsp3) is 0.333. The highest BCUT2D eigenvalue weighted by Crippen LogP contribution is 2.22. The van der Waals surface area contributed by atoms with Gasteiger partial charge in [0.2, 0.25) is 15.9 Å². The maximum absolute atomic E-state index is 11.7. The lowest BCUT2D eigenvalue weighted by molar-refractivity contribution is 0.387. The minimum absolute atomic E-state index is 0.0596. The van der Waals surface area contributed by atoms with Gasteiger partial charge < -0.3 is 15.6 Å². The molecule has 0 fully saturated rings. The molecular formula is C12H17N5O3S. The molecule has 0 saturated carbocycles. The van der Waals surface area contributed by atoms with Crippen molar-refractivity contribution < 1.29 is 12.9 Å². The summed E-state index contributed by atoms with van der Waals surface area (Å²) >= 11 is 0. The number of aromatic nitrogens is 2. The van der Waals surface area contributed by atoms with Crippen molar-refractivity contribution in [3.63, 3.8) is 0 Å². The Bertz CT molecular complexity index is 726. The second-order valence-corrected chi connectivity index (χ2v) is 6.22. The van der Waals surface area contributed by atoms with Crippen LogP contribution in [-0.4, -0.2) is 32.2 Å². The molecule has 0 saturated heterocycles. The Morgan fingerprint density at radius 3 is 2.71 bits per heavy atom. The molecule has 0 spiro atoms. The first-order valence-corrected chi connectivity index (χ1v) is 7.77. The summed E-state index contributed by atoms with van der Waals surface area (Å²) in [5.41, 5.74) is 6.68. The summed E-state index contributed by atoms with van der Waals surface area (Å²) in [6, 6.07) is 4.69. The number of anilines is 2. The van der Waals surface area contributed by atoms with E-state index in [2.05, 4.69) is 20.2 Å². The van der Waals surface area contributed by atoms with Crippen LogP contribution >= 0.6 is 0 Å². The van der Waals surface area contributed by atoms with E-state index in [1.807, 2.05) is 0 Å². The molecule has 4 N–H and O–H groups in total. The van der Waals surface area contributed by atoms with Crippen LogP contribution in [0.1, 0.15) is 11.7 Å². The van der Waals surface area contributed by atoms with Gasteiger partial charge in [0.1, 0.15) is 4.90 Å². The predicted octanol–water partition coefficient (Wildman–Crippen LogP) is 0.523. The average Bonchev–Trinajstić information content (AvgIpc) is 2.84. The third-order valence-electron chi connectivity index (χ3n) is 2.82. The molecule has 2 rings (SSSR count). The third kappa shape index (κ3) is 3.70. The second-order valence-electron chi connectivity index (χ2n) is 4.37. The third-order valence-corrected chi connectivity index (χ3v) is 4.30. The smallest absolute Gasteiger partial charge is 0.242 e. The number of nitrogens with two attached hydrogens (primary N) is 1. The first-order chi connectivity index (χ1) is 9.92. The average molecular weight is 311 g/mol. The molecule has 2 aromatic rings. The summed E-state index contributed by atoms with van der Waals surface area (Å²) in [5, 5.41) is 6.91. The Morgan fingerprint density at radius 2 is 2.14 bits per heavy atom. The predicted molar refractivity (Wildman–Crippen MR) is 78.3 cm³/mol. The summed E-state index contributed by atoms with van der Waals surface area (Å²) in [6.07, 6.45) is 0.591. The van der Waals surface area contributed by atoms with Gasteiger partial charge in [0.25, 0.3) is 0 Å². The zero-order chi connectivity index (χ0) is 15.5. The maximum Gasteiger partial charge on any atom is 0.242 e. The van der Waals surface area contributed by atoms with Gasteiger partial charge in [0, 0.05) is 25.6 Å². The lowest BCUT2D eigenvalue weighted by atomic mass is 10.2. The van der Waals surface area contributed by atoms with Crippen LogP contribution in [0.25, 0.3) is 0 Å². The molecule has 0 unspecified atom stereocenters. The fourth-order valence-corrected chi connectivity index (χ4v) is 2.61. The van der Waals surface area contributed by atoms with E-state index in [1.54, 1.807) is 19.1 Å². The number of hydrogen-bond acceptors (Lipinski definition) is 7. The summed E-state index contributed by atoms with van der Waals surface area (Å²) in [5.74, 6) is 1.14. The van der Waals surface area contributed by atoms with E-state index >= 15 is 0 Å². The van der Waals surface area contributed by atoms with Crippen LogP contribution in [0.4, 0.5) is 11.4 Å². The molecule has 21 heavy (non-hydrogen) atoms. The quantitative estimate of drug-likeness (QED) is 0.664. The highest BCUT2D eigenvalue weighted by molar-refractivity contribution is 7.89. The van der Waals surface area contributed by atoms with Crippen molar-refractivity contribution in [3.8, 4) is 0 Å². The van der Waals surface area contributed by atoms with E-state index in [-0.39, 0.29) is 10.6 Å². The lowest BCUT2D eigenvalue weighted by Gasteiger charge is -2.09. The summed E-state index contributed by atoms with van der Waals surface area (Å²) in [6.45, 7) is 2.31. The van der Waals surface area contributed by atoms with Gasteiger partial charge in [-0.05, 0) is 25.2 Å². The number of rotatable bonds is 6. The van der Waals surface area contributed by atoms with Gasteiger partial charge in [0.15, 0.2) is 5.82 Å². The molecule has 0 amide bonds. The molecule has 0 atom stereocenters. The van der Waals surface area contributed by atoms with Crippen molar-refractivity contribution in [3.05, 3.63) is 29.9 Å². The highest BCUT2D eigenvalue weighted by atomic mass is 32.2. The highest BCUT2D eigenvalue weighted by Gasteiger charge is 2.15. The molecule has 1 aromatic heterocycles. The molecule has 0 bridgehead atoms. The Hall–Kier alpha value is -2.13. The van der Waals surface area contributed by atoms with Gasteiger partial charge in [-0.3, -0.25) is 0 Å². The SMILES string of the molecule is CNS(=O)(=O)c1ccc(NCCc2noc(C)n2)cc1N. The molecule has 0 aliphatic heterocycles. The zero-order valence-corrected chi connectivity index (χ0v) is 12.6. The van der Waals surface area contributed by atoms with Crippen LogP contribution in [-0.2, 0) is 16.4 Å². The standard InChI is InChI=1S/C12H17N5O3S/c1-8-16-12(17-20-8)5-6-15-9-3-4-11(10(13)7-9)21(18,19)14-2/h3-4,7,14-15H,5-6,13H2,1-2H3. The molecule has 1 aromatic carbocycles. The van der Waals surface area contributed by atoms with Crippen LogP contribution in [0.5, 0.6) is 0 Å². The first kappa shape index (κ1) is 15.3. The van der Waals surface area contributed by atoms with Gasteiger partial charge in [-0.2, -0.15) is 4.98 Å². The van der Waals surface area contributed by atoms with E-state index in [4.69, 9.17) is 10.3 Å². The number of sulfonamides is 1. The van der Waals surface area contributed by atoms with Crippen LogP contribution in [0.2, 0.25) is 0 Å². The number of nitrogens with zero attached hydrogens (tertiary/aromatic N) is 2. The van der Waals surface area contributed by atoms with Gasteiger partial charge >= 0.3 is 0 Å². The number of nitrogen functional groups attached to an aromatic ring is 1. The number of hydrogen-bond donors (Lipinski definition) is 3. The maximum atomic E-state index is 11.7. The number of nitrogens with one attached hydrogen (secondary N) is 2. The van der Waals surface area contributed by atoms with E-state index in [0.717, 1.165) is 5.69 Å². The summed E-state index contributed by atoms with van der Waals surface area (Å²) < 4.78 is 30.5. The molecular weight excluding hydrogens is 294 g/mol. The summed E-state index contributed by atoms with van der Waals surface area (Å²) in [7, 11) is -2.20. The van der Waals surface area contributed by atoms with Crippen molar-refractivity contribution in [2.75, 3.05) is 24.6 Å². The lowest BCUT2D eigenvalue weighted by Crippen LogP contribution is -2.20. The molecule has 8 nitrogen and oxygen atoms in total. The minimum Gasteiger partial charge on any atom is -0.398 e. The van der Waals surface area contributed by atoms with E-state index in [1.165, 1.54) is 13.1 Å². The molecule has 114 valence electrons. The molecule has 0 aliphatic rings. The van der Waals surface area contributed by atoms with Crippen LogP contribution < -0.4 is 15.8 Å². The largest absolute Gasteiger partial charge is 0.398 e. The van der Waals surface area contributed by atoms with E-state index < -0.39 is 10.0 Å². The van der Waals surface area contributed by atoms with Gasteiger partial charge in [-0.1, -0.05) is 5.16 Å². The van der Waals surface area contributed by atoms with Gasteiger partial charge in [0.05, 0.1) is 5.69 Å². The Labute approximate surface area is 122 Å². The number of benzene rings is 1. The topological polar surface area (TPSA) is 123 Å². The van der Waals surface area contributed by atoms with Crippen molar-refractivity contribution in [2.45, 2.75) is 18.2 Å². The number of aryl methyl sites for hydroxylation is 1. The van der Waals surface area contributed by atoms with Gasteiger partial charge in [-0.25, -0.2) is 13.1 Å². The van der Waals surface area contributed by atoms with E-state index in [9.17, 15) is 8.42 Å². The Morgan fingerprint density at radius 1 is 1.38 bits per heavy atom. The van der Waals surface area contributed by atoms with Crippen molar-refractivity contribution in [1.29, 1.82) is 0 Å².